The highest BCUT2D eigenvalue weighted by Gasteiger charge is 2.26. The molecular formula is C25H26N4O3S. The normalized spacial score (nSPS) is 13.9. The summed E-state index contributed by atoms with van der Waals surface area (Å²) in [6, 6.07) is 13.4. The molecule has 1 aliphatic heterocycles. The third kappa shape index (κ3) is 5.62. The zero-order chi connectivity index (χ0) is 23.0. The Morgan fingerprint density at radius 1 is 1.21 bits per heavy atom. The summed E-state index contributed by atoms with van der Waals surface area (Å²) in [6.07, 6.45) is 5.78. The van der Waals surface area contributed by atoms with E-state index in [1.807, 2.05) is 57.7 Å². The number of oxazole rings is 1. The molecule has 1 aliphatic rings. The van der Waals surface area contributed by atoms with E-state index >= 15 is 0 Å². The summed E-state index contributed by atoms with van der Waals surface area (Å²) in [4.78, 5) is 22.1. The van der Waals surface area contributed by atoms with Crippen LogP contribution in [-0.2, 0) is 0 Å². The number of nitrogens with zero attached hydrogens (tertiary/aromatic N) is 4. The molecule has 3 aromatic rings. The number of rotatable bonds is 8. The van der Waals surface area contributed by atoms with E-state index in [1.165, 1.54) is 0 Å². The monoisotopic (exact) mass is 462 g/mol. The van der Waals surface area contributed by atoms with E-state index in [4.69, 9.17) is 9.15 Å². The molecule has 1 amide bonds. The second-order valence-corrected chi connectivity index (χ2v) is 8.65. The topological polar surface area (TPSA) is 82.6 Å². The van der Waals surface area contributed by atoms with Crippen molar-refractivity contribution in [3.63, 3.8) is 0 Å². The van der Waals surface area contributed by atoms with Crippen LogP contribution < -0.4 is 9.64 Å². The smallest absolute Gasteiger partial charge is 0.253 e. The first-order valence-electron chi connectivity index (χ1n) is 11.1. The van der Waals surface area contributed by atoms with Crippen LogP contribution in [0.3, 0.4) is 0 Å². The lowest BCUT2D eigenvalue weighted by atomic mass is 10.1. The van der Waals surface area contributed by atoms with Crippen molar-refractivity contribution in [1.82, 2.24) is 9.88 Å². The summed E-state index contributed by atoms with van der Waals surface area (Å²) in [5, 5.41) is 11.5. The molecule has 1 fully saturated rings. The number of piperazine rings is 1. The molecular weight excluding hydrogens is 436 g/mol. The lowest BCUT2D eigenvalue weighted by Gasteiger charge is -2.34. The van der Waals surface area contributed by atoms with Gasteiger partial charge in [0.1, 0.15) is 11.8 Å². The largest absolute Gasteiger partial charge is 0.494 e. The molecule has 0 atom stereocenters. The average molecular weight is 463 g/mol. The molecule has 3 heterocycles. The minimum atomic E-state index is -0.00703. The lowest BCUT2D eigenvalue weighted by Crippen LogP contribution is -2.48. The van der Waals surface area contributed by atoms with E-state index in [-0.39, 0.29) is 11.6 Å². The Labute approximate surface area is 197 Å². The van der Waals surface area contributed by atoms with Gasteiger partial charge in [-0.2, -0.15) is 10.2 Å². The van der Waals surface area contributed by atoms with Gasteiger partial charge in [-0.05, 0) is 48.2 Å². The van der Waals surface area contributed by atoms with E-state index in [2.05, 4.69) is 18.0 Å². The van der Waals surface area contributed by atoms with Crippen molar-refractivity contribution in [1.29, 1.82) is 5.26 Å². The highest BCUT2D eigenvalue weighted by molar-refractivity contribution is 7.10. The number of benzene rings is 1. The summed E-state index contributed by atoms with van der Waals surface area (Å²) >= 11 is 1.62. The first kappa shape index (κ1) is 22.6. The Morgan fingerprint density at radius 3 is 2.67 bits per heavy atom. The maximum absolute atomic E-state index is 12.9. The van der Waals surface area contributed by atoms with Crippen LogP contribution in [0, 0.1) is 11.3 Å². The van der Waals surface area contributed by atoms with Crippen LogP contribution in [0.25, 0.3) is 12.2 Å². The first-order chi connectivity index (χ1) is 16.2. The number of anilines is 1. The predicted octanol–water partition coefficient (Wildman–Crippen LogP) is 4.92. The molecule has 0 saturated carbocycles. The highest BCUT2D eigenvalue weighted by atomic mass is 32.1. The van der Waals surface area contributed by atoms with Crippen molar-refractivity contribution in [2.75, 3.05) is 37.7 Å². The quantitative estimate of drug-likeness (QED) is 0.442. The van der Waals surface area contributed by atoms with E-state index in [0.717, 1.165) is 23.5 Å². The number of hydrogen-bond donors (Lipinski definition) is 0. The zero-order valence-corrected chi connectivity index (χ0v) is 19.4. The Hall–Kier alpha value is -3.57. The number of hydrogen-bond acceptors (Lipinski definition) is 7. The van der Waals surface area contributed by atoms with Gasteiger partial charge in [0.05, 0.1) is 6.61 Å². The molecule has 0 N–H and O–H groups in total. The van der Waals surface area contributed by atoms with E-state index in [1.54, 1.807) is 17.4 Å². The summed E-state index contributed by atoms with van der Waals surface area (Å²) < 4.78 is 11.5. The van der Waals surface area contributed by atoms with Crippen molar-refractivity contribution in [2.45, 2.75) is 19.8 Å². The molecule has 0 aliphatic carbocycles. The summed E-state index contributed by atoms with van der Waals surface area (Å²) in [5.74, 6) is 1.63. The summed E-state index contributed by atoms with van der Waals surface area (Å²) in [5.41, 5.74) is 0.906. The second-order valence-electron chi connectivity index (χ2n) is 7.67. The molecule has 7 nitrogen and oxygen atoms in total. The molecule has 4 rings (SSSR count). The van der Waals surface area contributed by atoms with Gasteiger partial charge in [-0.15, -0.1) is 11.3 Å². The standard InChI is InChI=1S/C25H26N4O3S/c1-2-3-16-31-20-8-6-19(7-9-20)24(30)28-12-14-29(15-13-28)25-22(18-26)27-23(32-25)11-10-21-5-4-17-33-21/h4-11,17H,2-3,12-16H2,1H3/b11-10+. The molecule has 1 aromatic carbocycles. The van der Waals surface area contributed by atoms with Crippen LogP contribution in [0.2, 0.25) is 0 Å². The van der Waals surface area contributed by atoms with Gasteiger partial charge in [0.25, 0.3) is 5.91 Å². The maximum Gasteiger partial charge on any atom is 0.253 e. The van der Waals surface area contributed by atoms with Gasteiger partial charge in [-0.1, -0.05) is 19.4 Å². The van der Waals surface area contributed by atoms with Gasteiger partial charge in [0.2, 0.25) is 17.5 Å². The number of carbonyl (C=O) groups is 1. The number of nitriles is 1. The second kappa shape index (κ2) is 10.8. The first-order valence-corrected chi connectivity index (χ1v) is 12.0. The van der Waals surface area contributed by atoms with E-state index in [9.17, 15) is 10.1 Å². The van der Waals surface area contributed by atoms with Crippen LogP contribution in [0.4, 0.5) is 5.88 Å². The summed E-state index contributed by atoms with van der Waals surface area (Å²) in [7, 11) is 0. The van der Waals surface area contributed by atoms with Gasteiger partial charge < -0.3 is 19.0 Å². The van der Waals surface area contributed by atoms with Crippen LogP contribution in [0.15, 0.2) is 46.2 Å². The fourth-order valence-electron chi connectivity index (χ4n) is 3.55. The molecule has 8 heteroatoms. The molecule has 2 aromatic heterocycles. The minimum absolute atomic E-state index is 0.00703. The van der Waals surface area contributed by atoms with Crippen molar-refractivity contribution >= 4 is 35.3 Å². The Bertz CT molecular complexity index is 1120. The van der Waals surface area contributed by atoms with E-state index in [0.29, 0.717) is 50.1 Å². The molecule has 170 valence electrons. The lowest BCUT2D eigenvalue weighted by molar-refractivity contribution is 0.0745. The molecule has 1 saturated heterocycles. The number of aromatic nitrogens is 1. The van der Waals surface area contributed by atoms with Crippen LogP contribution in [-0.4, -0.2) is 48.6 Å². The fourth-order valence-corrected chi connectivity index (χ4v) is 4.17. The SMILES string of the molecule is CCCCOc1ccc(C(=O)N2CCN(c3oc(/C=C/c4cccs4)nc3C#N)CC2)cc1. The highest BCUT2D eigenvalue weighted by Crippen LogP contribution is 2.25. The predicted molar refractivity (Wildman–Crippen MR) is 129 cm³/mol. The molecule has 33 heavy (non-hydrogen) atoms. The third-order valence-corrected chi connectivity index (χ3v) is 6.22. The average Bonchev–Trinajstić information content (AvgIpc) is 3.53. The van der Waals surface area contributed by atoms with Crippen molar-refractivity contribution in [2.24, 2.45) is 0 Å². The van der Waals surface area contributed by atoms with Gasteiger partial charge in [-0.3, -0.25) is 4.79 Å². The Balaban J connectivity index is 1.35. The van der Waals surface area contributed by atoms with Crippen LogP contribution in [0.1, 0.15) is 46.6 Å². The number of thiophene rings is 1. The molecule has 0 unspecified atom stereocenters. The third-order valence-electron chi connectivity index (χ3n) is 5.39. The van der Waals surface area contributed by atoms with Crippen molar-refractivity contribution in [3.05, 3.63) is 63.8 Å². The molecule has 0 bridgehead atoms. The molecule has 0 radical (unpaired) electrons. The van der Waals surface area contributed by atoms with Crippen LogP contribution in [0.5, 0.6) is 5.75 Å². The summed E-state index contributed by atoms with van der Waals surface area (Å²) in [6.45, 7) is 5.03. The number of carbonyl (C=O) groups excluding carboxylic acids is 1. The van der Waals surface area contributed by atoms with Crippen molar-refractivity contribution < 1.29 is 13.9 Å². The zero-order valence-electron chi connectivity index (χ0n) is 18.6. The van der Waals surface area contributed by atoms with E-state index < -0.39 is 0 Å². The number of amides is 1. The fraction of sp³-hybridized carbons (Fsp3) is 0.320. The minimum Gasteiger partial charge on any atom is -0.494 e. The number of unbranched alkanes of at least 4 members (excludes halogenated alkanes) is 1. The van der Waals surface area contributed by atoms with Crippen molar-refractivity contribution in [3.8, 4) is 11.8 Å². The maximum atomic E-state index is 12.9. The van der Waals surface area contributed by atoms with Gasteiger partial charge >= 0.3 is 0 Å². The van der Waals surface area contributed by atoms with Gasteiger partial charge in [-0.25, -0.2) is 0 Å². The Kier molecular flexibility index (Phi) is 7.43. The molecule has 0 spiro atoms. The van der Waals surface area contributed by atoms with Gasteiger partial charge in [0, 0.05) is 42.7 Å². The van der Waals surface area contributed by atoms with Crippen LogP contribution >= 0.6 is 11.3 Å². The Morgan fingerprint density at radius 2 is 2.00 bits per heavy atom. The number of ether oxygens (including phenoxy) is 1. The van der Waals surface area contributed by atoms with Gasteiger partial charge in [0.15, 0.2) is 0 Å².